The SMILES string of the molecule is CC1CN(c2nc(N3CCNCC3)nc3ccsc23)CCS1. The number of aromatic nitrogens is 2. The largest absolute Gasteiger partial charge is 0.353 e. The third-order valence-corrected chi connectivity index (χ3v) is 6.25. The van der Waals surface area contributed by atoms with Crippen LogP contribution in [0.25, 0.3) is 10.2 Å². The summed E-state index contributed by atoms with van der Waals surface area (Å²) < 4.78 is 1.23. The molecule has 2 aromatic rings. The molecular formula is C15H21N5S2. The van der Waals surface area contributed by atoms with Crippen LogP contribution in [0.15, 0.2) is 11.4 Å². The molecule has 2 aromatic heterocycles. The topological polar surface area (TPSA) is 44.3 Å². The van der Waals surface area contributed by atoms with Gasteiger partial charge in [-0.25, -0.2) is 4.98 Å². The lowest BCUT2D eigenvalue weighted by molar-refractivity contribution is 0.580. The highest BCUT2D eigenvalue weighted by molar-refractivity contribution is 8.00. The number of thioether (sulfide) groups is 1. The second-order valence-corrected chi connectivity index (χ2v) is 8.31. The lowest BCUT2D eigenvalue weighted by Gasteiger charge is -2.33. The fourth-order valence-corrected chi connectivity index (χ4v) is 4.93. The third kappa shape index (κ3) is 2.77. The van der Waals surface area contributed by atoms with Crippen LogP contribution in [-0.2, 0) is 0 Å². The number of piperazine rings is 1. The van der Waals surface area contributed by atoms with Gasteiger partial charge in [-0.2, -0.15) is 16.7 Å². The Morgan fingerprint density at radius 1 is 1.18 bits per heavy atom. The van der Waals surface area contributed by atoms with Crippen LogP contribution in [0.2, 0.25) is 0 Å². The average Bonchev–Trinajstić information content (AvgIpc) is 3.03. The van der Waals surface area contributed by atoms with Gasteiger partial charge in [-0.1, -0.05) is 6.92 Å². The van der Waals surface area contributed by atoms with Crippen molar-refractivity contribution in [1.29, 1.82) is 0 Å². The van der Waals surface area contributed by atoms with Gasteiger partial charge in [-0.3, -0.25) is 0 Å². The molecule has 2 saturated heterocycles. The molecule has 0 saturated carbocycles. The number of fused-ring (bicyclic) bond motifs is 1. The van der Waals surface area contributed by atoms with E-state index in [0.29, 0.717) is 5.25 Å². The molecule has 1 N–H and O–H groups in total. The van der Waals surface area contributed by atoms with Crippen molar-refractivity contribution in [3.05, 3.63) is 11.4 Å². The summed E-state index contributed by atoms with van der Waals surface area (Å²) in [5.74, 6) is 3.22. The van der Waals surface area contributed by atoms with Gasteiger partial charge in [0.2, 0.25) is 5.95 Å². The fourth-order valence-electron chi connectivity index (χ4n) is 3.07. The molecule has 2 aliphatic heterocycles. The summed E-state index contributed by atoms with van der Waals surface area (Å²) >= 11 is 3.82. The molecule has 5 nitrogen and oxygen atoms in total. The second-order valence-electron chi connectivity index (χ2n) is 5.85. The molecule has 0 bridgehead atoms. The van der Waals surface area contributed by atoms with Crippen LogP contribution in [0.5, 0.6) is 0 Å². The molecule has 118 valence electrons. The lowest BCUT2D eigenvalue weighted by Crippen LogP contribution is -2.44. The molecule has 0 aliphatic carbocycles. The molecule has 22 heavy (non-hydrogen) atoms. The van der Waals surface area contributed by atoms with Crippen molar-refractivity contribution in [2.24, 2.45) is 0 Å². The number of nitrogens with one attached hydrogen (secondary N) is 1. The molecule has 2 fully saturated rings. The number of nitrogens with zero attached hydrogens (tertiary/aromatic N) is 4. The molecule has 4 rings (SSSR count). The first-order valence-corrected chi connectivity index (χ1v) is 9.81. The van der Waals surface area contributed by atoms with Gasteiger partial charge in [0, 0.05) is 50.3 Å². The molecular weight excluding hydrogens is 314 g/mol. The molecule has 4 heterocycles. The summed E-state index contributed by atoms with van der Waals surface area (Å²) in [5, 5.41) is 6.19. The van der Waals surface area contributed by atoms with Gasteiger partial charge in [0.15, 0.2) is 5.82 Å². The first-order valence-electron chi connectivity index (χ1n) is 7.89. The van der Waals surface area contributed by atoms with Crippen molar-refractivity contribution in [2.45, 2.75) is 12.2 Å². The molecule has 1 atom stereocenters. The Bertz CT molecular complexity index is 652. The van der Waals surface area contributed by atoms with Gasteiger partial charge in [0.25, 0.3) is 0 Å². The van der Waals surface area contributed by atoms with E-state index in [0.717, 1.165) is 56.6 Å². The summed E-state index contributed by atoms with van der Waals surface area (Å²) in [6, 6.07) is 2.12. The highest BCUT2D eigenvalue weighted by atomic mass is 32.2. The van der Waals surface area contributed by atoms with E-state index in [-0.39, 0.29) is 0 Å². The van der Waals surface area contributed by atoms with Gasteiger partial charge in [0.1, 0.15) is 0 Å². The quantitative estimate of drug-likeness (QED) is 0.906. The molecule has 0 spiro atoms. The zero-order chi connectivity index (χ0) is 14.9. The van der Waals surface area contributed by atoms with E-state index in [4.69, 9.17) is 9.97 Å². The van der Waals surface area contributed by atoms with Gasteiger partial charge >= 0.3 is 0 Å². The fraction of sp³-hybridized carbons (Fsp3) is 0.600. The zero-order valence-electron chi connectivity index (χ0n) is 12.8. The standard InChI is InChI=1S/C15H21N5S2/c1-11-10-20(7-9-21-11)14-13-12(2-8-22-13)17-15(18-14)19-5-3-16-4-6-19/h2,8,11,16H,3-7,9-10H2,1H3. The zero-order valence-corrected chi connectivity index (χ0v) is 14.4. The van der Waals surface area contributed by atoms with E-state index in [2.05, 4.69) is 45.2 Å². The Balaban J connectivity index is 1.73. The van der Waals surface area contributed by atoms with Gasteiger partial charge in [-0.05, 0) is 11.4 Å². The van der Waals surface area contributed by atoms with Crippen LogP contribution >= 0.6 is 23.1 Å². The molecule has 0 amide bonds. The van der Waals surface area contributed by atoms with Crippen LogP contribution in [0.4, 0.5) is 11.8 Å². The van der Waals surface area contributed by atoms with Crippen LogP contribution in [-0.4, -0.2) is 60.2 Å². The van der Waals surface area contributed by atoms with E-state index in [1.165, 1.54) is 10.5 Å². The summed E-state index contributed by atoms with van der Waals surface area (Å²) in [7, 11) is 0. The smallest absolute Gasteiger partial charge is 0.228 e. The first-order chi connectivity index (χ1) is 10.8. The van der Waals surface area contributed by atoms with E-state index < -0.39 is 0 Å². The normalized spacial score (nSPS) is 23.2. The number of anilines is 2. The van der Waals surface area contributed by atoms with E-state index >= 15 is 0 Å². The Labute approximate surface area is 139 Å². The summed E-state index contributed by atoms with van der Waals surface area (Å²) in [5.41, 5.74) is 1.09. The maximum atomic E-state index is 4.97. The number of hydrogen-bond acceptors (Lipinski definition) is 7. The van der Waals surface area contributed by atoms with Crippen LogP contribution in [0, 0.1) is 0 Å². The second kappa shape index (κ2) is 6.22. The first kappa shape index (κ1) is 14.5. The van der Waals surface area contributed by atoms with Crippen LogP contribution in [0.1, 0.15) is 6.92 Å². The maximum absolute atomic E-state index is 4.97. The number of hydrogen-bond donors (Lipinski definition) is 1. The van der Waals surface area contributed by atoms with Crippen molar-refractivity contribution < 1.29 is 0 Å². The minimum absolute atomic E-state index is 0.668. The average molecular weight is 336 g/mol. The van der Waals surface area contributed by atoms with Crippen molar-refractivity contribution in [2.75, 3.05) is 54.8 Å². The molecule has 2 aliphatic rings. The van der Waals surface area contributed by atoms with E-state index in [9.17, 15) is 0 Å². The predicted octanol–water partition coefficient (Wildman–Crippen LogP) is 2.04. The molecule has 7 heteroatoms. The van der Waals surface area contributed by atoms with E-state index in [1.807, 2.05) is 0 Å². The predicted molar refractivity (Wildman–Crippen MR) is 96.6 cm³/mol. The highest BCUT2D eigenvalue weighted by Crippen LogP contribution is 2.33. The van der Waals surface area contributed by atoms with Gasteiger partial charge in [0.05, 0.1) is 10.2 Å². The summed E-state index contributed by atoms with van der Waals surface area (Å²) in [4.78, 5) is 14.5. The van der Waals surface area contributed by atoms with Gasteiger partial charge in [-0.15, -0.1) is 11.3 Å². The van der Waals surface area contributed by atoms with Crippen LogP contribution in [0.3, 0.4) is 0 Å². The Morgan fingerprint density at radius 3 is 2.86 bits per heavy atom. The minimum atomic E-state index is 0.668. The third-order valence-electron chi connectivity index (χ3n) is 4.21. The van der Waals surface area contributed by atoms with Crippen molar-refractivity contribution in [3.63, 3.8) is 0 Å². The molecule has 1 unspecified atom stereocenters. The Hall–Kier alpha value is -1.05. The lowest BCUT2D eigenvalue weighted by atomic mass is 10.3. The van der Waals surface area contributed by atoms with Crippen molar-refractivity contribution in [3.8, 4) is 0 Å². The maximum Gasteiger partial charge on any atom is 0.228 e. The Kier molecular flexibility index (Phi) is 4.11. The monoisotopic (exact) mass is 335 g/mol. The number of thiophene rings is 1. The van der Waals surface area contributed by atoms with Crippen molar-refractivity contribution in [1.82, 2.24) is 15.3 Å². The van der Waals surface area contributed by atoms with Gasteiger partial charge < -0.3 is 15.1 Å². The minimum Gasteiger partial charge on any atom is -0.353 e. The summed E-state index contributed by atoms with van der Waals surface area (Å²) in [6.45, 7) is 8.47. The van der Waals surface area contributed by atoms with Crippen molar-refractivity contribution >= 4 is 45.1 Å². The highest BCUT2D eigenvalue weighted by Gasteiger charge is 2.23. The van der Waals surface area contributed by atoms with Crippen LogP contribution < -0.4 is 15.1 Å². The summed E-state index contributed by atoms with van der Waals surface area (Å²) in [6.07, 6.45) is 0. The van der Waals surface area contributed by atoms with E-state index in [1.54, 1.807) is 11.3 Å². The molecule has 0 aromatic carbocycles. The Morgan fingerprint density at radius 2 is 2.05 bits per heavy atom. The number of rotatable bonds is 2. The molecule has 0 radical (unpaired) electrons.